The average molecular weight is 263 g/mol. The van der Waals surface area contributed by atoms with Crippen molar-refractivity contribution in [1.29, 1.82) is 0 Å². The van der Waals surface area contributed by atoms with Crippen LogP contribution < -0.4 is 0 Å². The molecule has 0 saturated heterocycles. The van der Waals surface area contributed by atoms with E-state index in [1.807, 2.05) is 32.0 Å². The Bertz CT molecular complexity index is 673. The van der Waals surface area contributed by atoms with Crippen LogP contribution in [0.2, 0.25) is 0 Å². The number of benzene rings is 2. The van der Waals surface area contributed by atoms with Gasteiger partial charge >= 0.3 is 0 Å². The van der Waals surface area contributed by atoms with Gasteiger partial charge in [0.15, 0.2) is 0 Å². The highest BCUT2D eigenvalue weighted by Gasteiger charge is 2.05. The lowest BCUT2D eigenvalue weighted by atomic mass is 9.96. The van der Waals surface area contributed by atoms with Gasteiger partial charge in [0, 0.05) is 0 Å². The SMILES string of the molecule is C=C(C)c1ccc(-c2ccc(N=C=O)c(C)c2)cc1C. The van der Waals surface area contributed by atoms with Crippen molar-refractivity contribution in [3.05, 3.63) is 59.7 Å². The molecular weight excluding hydrogens is 246 g/mol. The number of rotatable bonds is 3. The molecule has 0 aliphatic heterocycles. The zero-order valence-corrected chi connectivity index (χ0v) is 12.0. The summed E-state index contributed by atoms with van der Waals surface area (Å²) in [6.07, 6.45) is 1.58. The van der Waals surface area contributed by atoms with E-state index < -0.39 is 0 Å². The number of aliphatic imine (C=N–C) groups is 1. The van der Waals surface area contributed by atoms with Crippen LogP contribution in [0, 0.1) is 13.8 Å². The molecule has 0 N–H and O–H groups in total. The molecule has 0 aliphatic carbocycles. The van der Waals surface area contributed by atoms with E-state index in [0.29, 0.717) is 5.69 Å². The van der Waals surface area contributed by atoms with Crippen LogP contribution in [-0.2, 0) is 4.79 Å². The number of hydrogen-bond acceptors (Lipinski definition) is 2. The van der Waals surface area contributed by atoms with Gasteiger partial charge in [-0.3, -0.25) is 0 Å². The Kier molecular flexibility index (Phi) is 3.97. The maximum atomic E-state index is 10.3. The van der Waals surface area contributed by atoms with E-state index in [2.05, 4.69) is 36.7 Å². The van der Waals surface area contributed by atoms with Crippen LogP contribution in [0.4, 0.5) is 5.69 Å². The molecule has 0 aliphatic rings. The molecule has 20 heavy (non-hydrogen) atoms. The summed E-state index contributed by atoms with van der Waals surface area (Å²) in [5.74, 6) is 0. The zero-order valence-electron chi connectivity index (χ0n) is 12.0. The predicted molar refractivity (Wildman–Crippen MR) is 83.8 cm³/mol. The van der Waals surface area contributed by atoms with Gasteiger partial charge in [-0.05, 0) is 60.7 Å². The number of allylic oxidation sites excluding steroid dienone is 1. The largest absolute Gasteiger partial charge is 0.240 e. The van der Waals surface area contributed by atoms with E-state index in [0.717, 1.165) is 22.3 Å². The van der Waals surface area contributed by atoms with Crippen LogP contribution >= 0.6 is 0 Å². The quantitative estimate of drug-likeness (QED) is 0.567. The lowest BCUT2D eigenvalue weighted by molar-refractivity contribution is 0.565. The van der Waals surface area contributed by atoms with Crippen molar-refractivity contribution >= 4 is 17.3 Å². The summed E-state index contributed by atoms with van der Waals surface area (Å²) in [5.41, 5.74) is 7.36. The van der Waals surface area contributed by atoms with Gasteiger partial charge in [0.1, 0.15) is 0 Å². The van der Waals surface area contributed by atoms with Crippen molar-refractivity contribution in [2.45, 2.75) is 20.8 Å². The average Bonchev–Trinajstić information content (AvgIpc) is 2.40. The lowest BCUT2D eigenvalue weighted by Gasteiger charge is -2.09. The summed E-state index contributed by atoms with van der Waals surface area (Å²) in [7, 11) is 0. The maximum Gasteiger partial charge on any atom is 0.240 e. The molecule has 0 aromatic heterocycles. The first-order chi connectivity index (χ1) is 9.52. The van der Waals surface area contributed by atoms with Gasteiger partial charge in [0.2, 0.25) is 6.08 Å². The number of carbonyl (C=O) groups excluding carboxylic acids is 1. The van der Waals surface area contributed by atoms with Crippen LogP contribution in [0.15, 0.2) is 48.0 Å². The van der Waals surface area contributed by atoms with Crippen LogP contribution in [0.5, 0.6) is 0 Å². The molecule has 0 spiro atoms. The highest BCUT2D eigenvalue weighted by Crippen LogP contribution is 2.28. The molecule has 0 heterocycles. The molecule has 2 nitrogen and oxygen atoms in total. The van der Waals surface area contributed by atoms with E-state index in [9.17, 15) is 4.79 Å². The molecule has 0 amide bonds. The topological polar surface area (TPSA) is 29.4 Å². The van der Waals surface area contributed by atoms with Gasteiger partial charge in [0.05, 0.1) is 5.69 Å². The van der Waals surface area contributed by atoms with Crippen molar-refractivity contribution in [1.82, 2.24) is 0 Å². The third kappa shape index (κ3) is 2.76. The molecule has 2 aromatic rings. The zero-order chi connectivity index (χ0) is 14.7. The Morgan fingerprint density at radius 2 is 1.65 bits per heavy atom. The van der Waals surface area contributed by atoms with E-state index in [1.165, 1.54) is 11.1 Å². The minimum absolute atomic E-state index is 0.666. The Balaban J connectivity index is 2.47. The van der Waals surface area contributed by atoms with E-state index in [1.54, 1.807) is 6.08 Å². The molecule has 100 valence electrons. The fraction of sp³-hybridized carbons (Fsp3) is 0.167. The Hall–Kier alpha value is -2.44. The molecular formula is C18H17NO. The second-order valence-electron chi connectivity index (χ2n) is 5.01. The smallest absolute Gasteiger partial charge is 0.211 e. The molecule has 0 saturated carbocycles. The molecule has 2 rings (SSSR count). The first-order valence-electron chi connectivity index (χ1n) is 6.48. The summed E-state index contributed by atoms with van der Waals surface area (Å²) in [5, 5.41) is 0. The van der Waals surface area contributed by atoms with Gasteiger partial charge in [-0.25, -0.2) is 4.79 Å². The summed E-state index contributed by atoms with van der Waals surface area (Å²) < 4.78 is 0. The predicted octanol–water partition coefficient (Wildman–Crippen LogP) is 4.97. The summed E-state index contributed by atoms with van der Waals surface area (Å²) in [6, 6.07) is 12.2. The van der Waals surface area contributed by atoms with Gasteiger partial charge in [-0.2, -0.15) is 4.99 Å². The molecule has 2 aromatic carbocycles. The third-order valence-corrected chi connectivity index (χ3v) is 3.38. The fourth-order valence-corrected chi connectivity index (χ4v) is 2.33. The molecule has 2 heteroatoms. The standard InChI is InChI=1S/C18H17NO/c1-12(2)17-7-5-15(9-13(17)3)16-6-8-18(19-11-20)14(4)10-16/h5-10H,1H2,2-4H3. The second kappa shape index (κ2) is 5.68. The Morgan fingerprint density at radius 3 is 2.15 bits per heavy atom. The third-order valence-electron chi connectivity index (χ3n) is 3.38. The first-order valence-corrected chi connectivity index (χ1v) is 6.48. The minimum atomic E-state index is 0.666. The van der Waals surface area contributed by atoms with Crippen molar-refractivity contribution in [2.24, 2.45) is 4.99 Å². The van der Waals surface area contributed by atoms with Gasteiger partial charge in [-0.15, -0.1) is 0 Å². The van der Waals surface area contributed by atoms with Crippen molar-refractivity contribution in [2.75, 3.05) is 0 Å². The van der Waals surface area contributed by atoms with Gasteiger partial charge in [0.25, 0.3) is 0 Å². The van der Waals surface area contributed by atoms with Gasteiger partial charge in [-0.1, -0.05) is 36.4 Å². The van der Waals surface area contributed by atoms with Crippen molar-refractivity contribution in [3.8, 4) is 11.1 Å². The normalized spacial score (nSPS) is 9.95. The first kappa shape index (κ1) is 14.0. The molecule has 0 bridgehead atoms. The van der Waals surface area contributed by atoms with Gasteiger partial charge < -0.3 is 0 Å². The monoisotopic (exact) mass is 263 g/mol. The van der Waals surface area contributed by atoms with E-state index in [4.69, 9.17) is 0 Å². The number of isocyanates is 1. The number of aryl methyl sites for hydroxylation is 2. The molecule has 0 fully saturated rings. The fourth-order valence-electron chi connectivity index (χ4n) is 2.33. The second-order valence-corrected chi connectivity index (χ2v) is 5.01. The highest BCUT2D eigenvalue weighted by atomic mass is 16.1. The number of hydrogen-bond donors (Lipinski definition) is 0. The van der Waals surface area contributed by atoms with Crippen molar-refractivity contribution in [3.63, 3.8) is 0 Å². The summed E-state index contributed by atoms with van der Waals surface area (Å²) in [6.45, 7) is 10.0. The van der Waals surface area contributed by atoms with Crippen molar-refractivity contribution < 1.29 is 4.79 Å². The highest BCUT2D eigenvalue weighted by molar-refractivity contribution is 5.73. The minimum Gasteiger partial charge on any atom is -0.211 e. The molecule has 0 atom stereocenters. The summed E-state index contributed by atoms with van der Waals surface area (Å²) >= 11 is 0. The van der Waals surface area contributed by atoms with Crippen LogP contribution in [0.3, 0.4) is 0 Å². The van der Waals surface area contributed by atoms with Crippen LogP contribution in [0.25, 0.3) is 16.7 Å². The van der Waals surface area contributed by atoms with E-state index >= 15 is 0 Å². The number of nitrogens with zero attached hydrogens (tertiary/aromatic N) is 1. The van der Waals surface area contributed by atoms with Crippen LogP contribution in [-0.4, -0.2) is 6.08 Å². The molecule has 0 unspecified atom stereocenters. The lowest BCUT2D eigenvalue weighted by Crippen LogP contribution is -1.87. The Morgan fingerprint density at radius 1 is 1.05 bits per heavy atom. The molecule has 0 radical (unpaired) electrons. The Labute approximate surface area is 119 Å². The summed E-state index contributed by atoms with van der Waals surface area (Å²) in [4.78, 5) is 14.0. The van der Waals surface area contributed by atoms with Crippen LogP contribution in [0.1, 0.15) is 23.6 Å². The van der Waals surface area contributed by atoms with E-state index in [-0.39, 0.29) is 0 Å². The maximum absolute atomic E-state index is 10.3.